The molecule has 0 heterocycles. The molecule has 2 N–H and O–H groups in total. The van der Waals surface area contributed by atoms with Gasteiger partial charge in [0.2, 0.25) is 0 Å². The van der Waals surface area contributed by atoms with E-state index < -0.39 is 25.5 Å². The van der Waals surface area contributed by atoms with Gasteiger partial charge in [0.1, 0.15) is 0 Å². The first-order chi connectivity index (χ1) is 1.41. The molecule has 0 rings (SSSR count). The van der Waals surface area contributed by atoms with Crippen LogP contribution >= 0.6 is 0 Å². The van der Waals surface area contributed by atoms with Gasteiger partial charge in [-0.1, -0.05) is 0 Å². The quantitative estimate of drug-likeness (QED) is 0.365. The Kier molecular flexibility index (Phi) is 85.6. The van der Waals surface area contributed by atoms with Crippen LogP contribution in [0.5, 0.6) is 0 Å². The van der Waals surface area contributed by atoms with Crippen LogP contribution in [-0.4, -0.2) is 92.6 Å². The predicted octanol–water partition coefficient (Wildman–Crippen LogP) is -2.95. The fourth-order valence-corrected chi connectivity index (χ4v) is 0. The molecule has 0 fully saturated rings. The summed E-state index contributed by atoms with van der Waals surface area (Å²) in [6.45, 7) is 0. The van der Waals surface area contributed by atoms with E-state index in [0.717, 1.165) is 0 Å². The van der Waals surface area contributed by atoms with Gasteiger partial charge in [-0.25, -0.2) is 0 Å². The van der Waals surface area contributed by atoms with E-state index in [-0.39, 0.29) is 104 Å². The Bertz CT molecular complexity index is 13.5. The molecule has 6 heavy (non-hydrogen) atoms. The summed E-state index contributed by atoms with van der Waals surface area (Å²) < 4.78 is 14.7. The van der Waals surface area contributed by atoms with Crippen LogP contribution in [0.3, 0.4) is 0 Å². The summed E-state index contributed by atoms with van der Waals surface area (Å²) in [5.41, 5.74) is 0. The summed E-state index contributed by atoms with van der Waals surface area (Å²) in [7, 11) is 0. The van der Waals surface area contributed by atoms with Crippen LogP contribution in [-0.2, 0) is 42.6 Å². The van der Waals surface area contributed by atoms with Crippen molar-refractivity contribution in [1.82, 2.24) is 0 Å². The van der Waals surface area contributed by atoms with Crippen molar-refractivity contribution in [2.45, 2.75) is 0 Å². The molecule has 0 aromatic rings. The summed E-state index contributed by atoms with van der Waals surface area (Å²) >= 11 is -2.08. The Hall–Kier alpha value is 4.21. The molecule has 0 saturated heterocycles. The molecule has 0 aromatic heterocycles. The monoisotopic (exact) mass is 481 g/mol. The Balaban J connectivity index is -0.00000000667. The maximum atomic E-state index is 7.35. The van der Waals surface area contributed by atoms with Crippen molar-refractivity contribution in [3.05, 3.63) is 0 Å². The number of hydrogen-bond acceptors (Lipinski definition) is 2. The van der Waals surface area contributed by atoms with Gasteiger partial charge >= 0.3 is 118 Å². The third-order valence-corrected chi connectivity index (χ3v) is 0. The van der Waals surface area contributed by atoms with E-state index in [9.17, 15) is 0 Å². The molecule has 0 aliphatic carbocycles. The summed E-state index contributed by atoms with van der Waals surface area (Å²) in [5.74, 6) is 0. The van der Waals surface area contributed by atoms with E-state index in [4.69, 9.17) is 6.03 Å². The van der Waals surface area contributed by atoms with Crippen molar-refractivity contribution < 1.29 is 48.6 Å². The van der Waals surface area contributed by atoms with Gasteiger partial charge in [0, 0.05) is 17.1 Å². The Labute approximate surface area is 131 Å². The van der Waals surface area contributed by atoms with Crippen LogP contribution in [0.15, 0.2) is 0 Å². The van der Waals surface area contributed by atoms with E-state index in [1.54, 1.807) is 0 Å². The third kappa shape index (κ3) is 24.1. The second-order valence-electron chi connectivity index (χ2n) is 0.141. The van der Waals surface area contributed by atoms with E-state index in [2.05, 4.69) is 0 Å². The van der Waals surface area contributed by atoms with Gasteiger partial charge in [-0.05, 0) is 0 Å². The van der Waals surface area contributed by atoms with E-state index in [1.165, 1.54) is 0 Å². The standard InChI is InChI=1S/Ba.Ca.Cu.Hg.2H2O.4H/h;;;;2*1H2;;;;/q;;;+2;;;;;;/p-2. The van der Waals surface area contributed by atoms with Crippen molar-refractivity contribution in [3.8, 4) is 0 Å². The Morgan fingerprint density at radius 3 is 1.17 bits per heavy atom. The first kappa shape index (κ1) is 22.5. The average molecular weight is 480 g/mol. The zero-order valence-corrected chi connectivity index (χ0v) is 8.34. The van der Waals surface area contributed by atoms with Crippen molar-refractivity contribution in [2.75, 3.05) is 0 Å². The van der Waals surface area contributed by atoms with Gasteiger partial charge in [0.15, 0.2) is 0 Å². The van der Waals surface area contributed by atoms with Gasteiger partial charge in [-0.3, -0.25) is 0 Å². The Morgan fingerprint density at radius 1 is 1.17 bits per heavy atom. The molecule has 0 saturated carbocycles. The molecule has 0 spiro atoms. The second-order valence-corrected chi connectivity index (χ2v) is 1.24. The van der Waals surface area contributed by atoms with Gasteiger partial charge in [0.25, 0.3) is 0 Å². The fraction of sp³-hybridized carbons (Fsp3) is 0. The summed E-state index contributed by atoms with van der Waals surface area (Å²) in [5, 5.41) is 0. The summed E-state index contributed by atoms with van der Waals surface area (Å²) in [6.07, 6.45) is 0. The van der Waals surface area contributed by atoms with Gasteiger partial charge < -0.3 is 0 Å². The molecule has 0 bridgehead atoms. The minimum atomic E-state index is -2.08. The molecular formula is H6BaCaCuHgO2. The minimum absolute atomic E-state index is 0. The molecule has 35 valence electrons. The zero-order valence-electron chi connectivity index (χ0n) is 1.90. The van der Waals surface area contributed by atoms with Gasteiger partial charge in [0.05, 0.1) is 0 Å². The SMILES string of the molecule is [BaH2].[CaH2].[Cu].[OH][Hg][OH]. The van der Waals surface area contributed by atoms with Crippen LogP contribution in [0.2, 0.25) is 0 Å². The number of rotatable bonds is 0. The molecule has 0 aromatic carbocycles. The second kappa shape index (κ2) is 22.9. The Morgan fingerprint density at radius 2 is 1.17 bits per heavy atom. The van der Waals surface area contributed by atoms with Crippen molar-refractivity contribution in [1.29, 1.82) is 0 Å². The molecule has 0 aliphatic heterocycles. The molecule has 0 unspecified atom stereocenters. The molecular weight excluding hydrogens is 474 g/mol. The average Bonchev–Trinajstić information content (AvgIpc) is 0.918. The van der Waals surface area contributed by atoms with Gasteiger partial charge in [-0.2, -0.15) is 0 Å². The van der Waals surface area contributed by atoms with E-state index >= 15 is 0 Å². The van der Waals surface area contributed by atoms with Crippen molar-refractivity contribution in [3.63, 3.8) is 0 Å². The molecule has 6 heteroatoms. The van der Waals surface area contributed by atoms with Crippen LogP contribution in [0.25, 0.3) is 0 Å². The van der Waals surface area contributed by atoms with Crippen LogP contribution < -0.4 is 0 Å². The fourth-order valence-electron chi connectivity index (χ4n) is 0. The van der Waals surface area contributed by atoms with Crippen molar-refractivity contribution in [2.24, 2.45) is 0 Å². The van der Waals surface area contributed by atoms with E-state index in [0.29, 0.717) is 0 Å². The third-order valence-electron chi connectivity index (χ3n) is 0. The predicted molar refractivity (Wildman–Crippen MR) is 21.5 cm³/mol. The van der Waals surface area contributed by atoms with Gasteiger partial charge in [-0.15, -0.1) is 0 Å². The topological polar surface area (TPSA) is 40.5 Å². The summed E-state index contributed by atoms with van der Waals surface area (Å²) in [4.78, 5) is 0. The first-order valence-corrected chi connectivity index (χ1v) is 5.55. The summed E-state index contributed by atoms with van der Waals surface area (Å²) in [6, 6.07) is 0. The van der Waals surface area contributed by atoms with Crippen LogP contribution in [0.4, 0.5) is 0 Å². The maximum absolute atomic E-state index is 7.35. The first-order valence-electron chi connectivity index (χ1n) is 0.632. The molecule has 2 nitrogen and oxygen atoms in total. The van der Waals surface area contributed by atoms with Crippen LogP contribution in [0, 0.1) is 0 Å². The zero-order chi connectivity index (χ0) is 2.71. The molecule has 0 aliphatic rings. The van der Waals surface area contributed by atoms with E-state index in [1.807, 2.05) is 0 Å². The molecule has 1 radical (unpaired) electrons. The normalized spacial score (nSPS) is 1.67. The van der Waals surface area contributed by atoms with Crippen LogP contribution in [0.1, 0.15) is 0 Å². The van der Waals surface area contributed by atoms with Crippen molar-refractivity contribution >= 4 is 86.6 Å². The number of hydrogen-bond donors (Lipinski definition) is 2. The molecule has 0 atom stereocenters. The molecule has 0 amide bonds.